The predicted molar refractivity (Wildman–Crippen MR) is 101 cm³/mol. The van der Waals surface area contributed by atoms with Gasteiger partial charge in [0.25, 0.3) is 5.91 Å². The highest BCUT2D eigenvalue weighted by molar-refractivity contribution is 6.07. The maximum atomic E-state index is 13.7. The van der Waals surface area contributed by atoms with E-state index in [1.165, 1.54) is 6.26 Å². The molecule has 0 saturated heterocycles. The number of hydrogen-bond donors (Lipinski definition) is 2. The molecule has 6 nitrogen and oxygen atoms in total. The van der Waals surface area contributed by atoms with Gasteiger partial charge in [-0.3, -0.25) is 4.79 Å². The van der Waals surface area contributed by atoms with Gasteiger partial charge in [0.05, 0.1) is 18.5 Å². The van der Waals surface area contributed by atoms with Crippen molar-refractivity contribution in [3.05, 3.63) is 65.2 Å². The van der Waals surface area contributed by atoms with Gasteiger partial charge in [-0.05, 0) is 43.2 Å². The lowest BCUT2D eigenvalue weighted by atomic mass is 10.0. The standard InChI is InChI=1S/C20H19F3N4O2/c1-11-5-6-12(2)14(8-11)26-19(28)13-10-24-27-17(20(21,22)23)9-15(25-18(13)27)16-4-3-7-29-16/h3-8,10,15,17,25H,9H2,1-2H3,(H,26,28). The molecule has 29 heavy (non-hydrogen) atoms. The van der Waals surface area contributed by atoms with Crippen LogP contribution in [0.25, 0.3) is 0 Å². The van der Waals surface area contributed by atoms with Crippen LogP contribution in [0.2, 0.25) is 0 Å². The van der Waals surface area contributed by atoms with Crippen LogP contribution in [-0.4, -0.2) is 21.9 Å². The molecule has 0 fully saturated rings. The molecule has 4 rings (SSSR count). The van der Waals surface area contributed by atoms with Gasteiger partial charge in [0, 0.05) is 12.1 Å². The molecule has 2 N–H and O–H groups in total. The number of nitrogens with zero attached hydrogens (tertiary/aromatic N) is 2. The van der Waals surface area contributed by atoms with Crippen molar-refractivity contribution in [2.24, 2.45) is 0 Å². The van der Waals surface area contributed by atoms with E-state index in [9.17, 15) is 18.0 Å². The molecular weight excluding hydrogens is 385 g/mol. The number of rotatable bonds is 3. The summed E-state index contributed by atoms with van der Waals surface area (Å²) in [6.45, 7) is 3.73. The number of benzene rings is 1. The lowest BCUT2D eigenvalue weighted by Crippen LogP contribution is -2.36. The Labute approximate surface area is 164 Å². The Morgan fingerprint density at radius 3 is 2.79 bits per heavy atom. The maximum absolute atomic E-state index is 13.7. The first-order chi connectivity index (χ1) is 13.7. The van der Waals surface area contributed by atoms with Gasteiger partial charge in [0.15, 0.2) is 6.04 Å². The molecule has 1 aliphatic heterocycles. The van der Waals surface area contributed by atoms with Crippen molar-refractivity contribution in [3.63, 3.8) is 0 Å². The maximum Gasteiger partial charge on any atom is 0.410 e. The van der Waals surface area contributed by atoms with Crippen LogP contribution in [0.1, 0.15) is 45.7 Å². The number of nitrogens with one attached hydrogen (secondary N) is 2. The van der Waals surface area contributed by atoms with E-state index in [-0.39, 0.29) is 17.8 Å². The number of furan rings is 1. The van der Waals surface area contributed by atoms with Crippen LogP contribution in [0.5, 0.6) is 0 Å². The normalized spacial score (nSPS) is 18.8. The van der Waals surface area contributed by atoms with Gasteiger partial charge in [0.1, 0.15) is 17.1 Å². The first-order valence-electron chi connectivity index (χ1n) is 9.07. The molecule has 1 aromatic carbocycles. The zero-order valence-electron chi connectivity index (χ0n) is 15.7. The van der Waals surface area contributed by atoms with E-state index in [1.807, 2.05) is 26.0 Å². The largest absolute Gasteiger partial charge is 0.467 e. The molecule has 1 aliphatic rings. The molecule has 152 valence electrons. The molecule has 0 bridgehead atoms. The number of hydrogen-bond acceptors (Lipinski definition) is 4. The fourth-order valence-corrected chi connectivity index (χ4v) is 3.46. The zero-order valence-corrected chi connectivity index (χ0v) is 15.7. The van der Waals surface area contributed by atoms with Gasteiger partial charge in [0.2, 0.25) is 0 Å². The van der Waals surface area contributed by atoms with Crippen molar-refractivity contribution >= 4 is 17.4 Å². The average Bonchev–Trinajstić information content (AvgIpc) is 3.32. The Morgan fingerprint density at radius 2 is 2.10 bits per heavy atom. The van der Waals surface area contributed by atoms with E-state index in [0.717, 1.165) is 22.0 Å². The summed E-state index contributed by atoms with van der Waals surface area (Å²) in [5, 5.41) is 9.62. The van der Waals surface area contributed by atoms with Gasteiger partial charge in [-0.25, -0.2) is 4.68 Å². The van der Waals surface area contributed by atoms with E-state index in [2.05, 4.69) is 15.7 Å². The SMILES string of the molecule is Cc1ccc(C)c(NC(=O)c2cnn3c2NC(c2ccco2)CC3C(F)(F)F)c1. The summed E-state index contributed by atoms with van der Waals surface area (Å²) in [7, 11) is 0. The van der Waals surface area contributed by atoms with Crippen molar-refractivity contribution < 1.29 is 22.4 Å². The van der Waals surface area contributed by atoms with E-state index in [1.54, 1.807) is 18.2 Å². The molecule has 0 aliphatic carbocycles. The second kappa shape index (κ2) is 6.98. The van der Waals surface area contributed by atoms with E-state index in [4.69, 9.17) is 4.42 Å². The molecule has 9 heteroatoms. The monoisotopic (exact) mass is 404 g/mol. The number of anilines is 2. The lowest BCUT2D eigenvalue weighted by molar-refractivity contribution is -0.174. The van der Waals surface area contributed by atoms with Gasteiger partial charge in [-0.1, -0.05) is 12.1 Å². The van der Waals surface area contributed by atoms with Crippen LogP contribution in [-0.2, 0) is 0 Å². The number of aromatic nitrogens is 2. The van der Waals surface area contributed by atoms with Crippen LogP contribution in [0.4, 0.5) is 24.7 Å². The Balaban J connectivity index is 1.70. The van der Waals surface area contributed by atoms with Crippen molar-refractivity contribution in [2.45, 2.75) is 38.5 Å². The molecule has 2 unspecified atom stereocenters. The Kier molecular flexibility index (Phi) is 4.60. The quantitative estimate of drug-likeness (QED) is 0.644. The molecule has 0 spiro atoms. The minimum absolute atomic E-state index is 0.0165. The van der Waals surface area contributed by atoms with Crippen molar-refractivity contribution in [1.29, 1.82) is 0 Å². The molecule has 2 aromatic heterocycles. The molecule has 3 heterocycles. The minimum atomic E-state index is -4.52. The van der Waals surface area contributed by atoms with E-state index in [0.29, 0.717) is 11.4 Å². The predicted octanol–water partition coefficient (Wildman–Crippen LogP) is 5.01. The fraction of sp³-hybridized carbons (Fsp3) is 0.300. The third-order valence-electron chi connectivity index (χ3n) is 5.01. The lowest BCUT2D eigenvalue weighted by Gasteiger charge is -2.32. The zero-order chi connectivity index (χ0) is 20.8. The molecule has 3 aromatic rings. The van der Waals surface area contributed by atoms with Gasteiger partial charge in [-0.15, -0.1) is 0 Å². The van der Waals surface area contributed by atoms with Gasteiger partial charge >= 0.3 is 6.18 Å². The van der Waals surface area contributed by atoms with E-state index < -0.39 is 24.2 Å². The third-order valence-corrected chi connectivity index (χ3v) is 5.01. The van der Waals surface area contributed by atoms with Crippen LogP contribution in [0.3, 0.4) is 0 Å². The highest BCUT2D eigenvalue weighted by Crippen LogP contribution is 2.44. The number of alkyl halides is 3. The van der Waals surface area contributed by atoms with Crippen molar-refractivity contribution in [1.82, 2.24) is 9.78 Å². The number of aryl methyl sites for hydroxylation is 2. The highest BCUT2D eigenvalue weighted by Gasteiger charge is 2.47. The summed E-state index contributed by atoms with van der Waals surface area (Å²) in [6.07, 6.45) is -2.25. The number of amides is 1. The summed E-state index contributed by atoms with van der Waals surface area (Å²) < 4.78 is 47.1. The number of halogens is 3. The smallest absolute Gasteiger partial charge is 0.410 e. The second-order valence-electron chi connectivity index (χ2n) is 7.13. The Morgan fingerprint density at radius 1 is 1.31 bits per heavy atom. The molecule has 2 atom stereocenters. The minimum Gasteiger partial charge on any atom is -0.467 e. The van der Waals surface area contributed by atoms with Gasteiger partial charge in [-0.2, -0.15) is 18.3 Å². The number of carbonyl (C=O) groups is 1. The molecule has 0 radical (unpaired) electrons. The summed E-state index contributed by atoms with van der Waals surface area (Å²) in [4.78, 5) is 12.9. The van der Waals surface area contributed by atoms with Gasteiger partial charge < -0.3 is 15.1 Å². The van der Waals surface area contributed by atoms with Crippen molar-refractivity contribution in [3.8, 4) is 0 Å². The number of fused-ring (bicyclic) bond motifs is 1. The topological polar surface area (TPSA) is 72.1 Å². The first kappa shape index (κ1) is 19.1. The molecular formula is C20H19F3N4O2. The first-order valence-corrected chi connectivity index (χ1v) is 9.07. The summed E-state index contributed by atoms with van der Waals surface area (Å²) >= 11 is 0. The molecule has 0 saturated carbocycles. The summed E-state index contributed by atoms with van der Waals surface area (Å²) in [5.41, 5.74) is 2.44. The average molecular weight is 404 g/mol. The highest BCUT2D eigenvalue weighted by atomic mass is 19.4. The van der Waals surface area contributed by atoms with Crippen LogP contribution in [0, 0.1) is 13.8 Å². The molecule has 1 amide bonds. The van der Waals surface area contributed by atoms with Crippen LogP contribution < -0.4 is 10.6 Å². The van der Waals surface area contributed by atoms with Crippen LogP contribution in [0.15, 0.2) is 47.2 Å². The Hall–Kier alpha value is -3.23. The number of carbonyl (C=O) groups excluding carboxylic acids is 1. The van der Waals surface area contributed by atoms with Crippen LogP contribution >= 0.6 is 0 Å². The third kappa shape index (κ3) is 3.59. The fourth-order valence-electron chi connectivity index (χ4n) is 3.46. The second-order valence-corrected chi connectivity index (χ2v) is 7.13. The summed E-state index contributed by atoms with van der Waals surface area (Å²) in [5.74, 6) is -0.149. The summed E-state index contributed by atoms with van der Waals surface area (Å²) in [6, 6.07) is 6.21. The Bertz CT molecular complexity index is 1040. The van der Waals surface area contributed by atoms with Crippen molar-refractivity contribution in [2.75, 3.05) is 10.6 Å². The van der Waals surface area contributed by atoms with E-state index >= 15 is 0 Å².